The Bertz CT molecular complexity index is 345. The summed E-state index contributed by atoms with van der Waals surface area (Å²) in [5.74, 6) is -0.358. The average molecular weight is 210 g/mol. The number of halogens is 1. The molecule has 1 aliphatic heterocycles. The zero-order chi connectivity index (χ0) is 10.8. The first-order valence-electron chi connectivity index (χ1n) is 5.24. The Morgan fingerprint density at radius 3 is 3.00 bits per heavy atom. The molecule has 1 aromatic carbocycles. The zero-order valence-corrected chi connectivity index (χ0v) is 8.74. The molecule has 1 fully saturated rings. The van der Waals surface area contributed by atoms with Gasteiger partial charge in [0.25, 0.3) is 0 Å². The van der Waals surface area contributed by atoms with E-state index in [1.807, 2.05) is 6.92 Å². The predicted octanol–water partition coefficient (Wildman–Crippen LogP) is 2.35. The highest BCUT2D eigenvalue weighted by Crippen LogP contribution is 2.28. The number of hydrogen-bond donors (Lipinski definition) is 1. The second-order valence-corrected chi connectivity index (χ2v) is 4.02. The number of aliphatic hydroxyl groups excluding tert-OH is 1. The van der Waals surface area contributed by atoms with Crippen LogP contribution >= 0.6 is 0 Å². The topological polar surface area (TPSA) is 29.5 Å². The standard InChI is InChI=1S/C12H15FO2/c1-8-4-5-10(13)9(7-8)12(14)11-3-2-6-15-11/h4-5,7,11-12,14H,2-3,6H2,1H3. The highest BCUT2D eigenvalue weighted by atomic mass is 19.1. The Balaban J connectivity index is 2.23. The summed E-state index contributed by atoms with van der Waals surface area (Å²) in [7, 11) is 0. The minimum absolute atomic E-state index is 0.249. The molecular weight excluding hydrogens is 195 g/mol. The summed E-state index contributed by atoms with van der Waals surface area (Å²) < 4.78 is 18.8. The smallest absolute Gasteiger partial charge is 0.129 e. The van der Waals surface area contributed by atoms with E-state index in [4.69, 9.17) is 4.74 Å². The van der Waals surface area contributed by atoms with Gasteiger partial charge in [-0.05, 0) is 25.8 Å². The van der Waals surface area contributed by atoms with Gasteiger partial charge in [-0.15, -0.1) is 0 Å². The Labute approximate surface area is 88.7 Å². The molecule has 0 spiro atoms. The number of benzene rings is 1. The van der Waals surface area contributed by atoms with Crippen molar-refractivity contribution in [2.75, 3.05) is 6.61 Å². The Morgan fingerprint density at radius 2 is 2.33 bits per heavy atom. The van der Waals surface area contributed by atoms with Crippen LogP contribution in [0.1, 0.15) is 30.1 Å². The number of hydrogen-bond acceptors (Lipinski definition) is 2. The summed E-state index contributed by atoms with van der Waals surface area (Å²) in [6.07, 6.45) is 0.651. The van der Waals surface area contributed by atoms with Gasteiger partial charge < -0.3 is 9.84 Å². The molecule has 1 N–H and O–H groups in total. The molecule has 0 amide bonds. The molecule has 0 radical (unpaired) electrons. The van der Waals surface area contributed by atoms with E-state index in [9.17, 15) is 9.50 Å². The maximum atomic E-state index is 13.5. The van der Waals surface area contributed by atoms with Crippen LogP contribution in [0.5, 0.6) is 0 Å². The normalized spacial score (nSPS) is 23.0. The second kappa shape index (κ2) is 4.29. The molecule has 1 aromatic rings. The molecule has 2 unspecified atom stereocenters. The van der Waals surface area contributed by atoms with Crippen molar-refractivity contribution in [3.8, 4) is 0 Å². The van der Waals surface area contributed by atoms with E-state index in [-0.39, 0.29) is 11.9 Å². The fourth-order valence-electron chi connectivity index (χ4n) is 1.94. The number of ether oxygens (including phenoxy) is 1. The highest BCUT2D eigenvalue weighted by Gasteiger charge is 2.27. The van der Waals surface area contributed by atoms with Gasteiger partial charge in [-0.3, -0.25) is 0 Å². The van der Waals surface area contributed by atoms with Gasteiger partial charge in [-0.1, -0.05) is 17.7 Å². The summed E-state index contributed by atoms with van der Waals surface area (Å²) in [6.45, 7) is 2.54. The van der Waals surface area contributed by atoms with Gasteiger partial charge in [-0.2, -0.15) is 0 Å². The monoisotopic (exact) mass is 210 g/mol. The molecule has 2 atom stereocenters. The van der Waals surface area contributed by atoms with Crippen molar-refractivity contribution < 1.29 is 14.2 Å². The van der Waals surface area contributed by atoms with Crippen molar-refractivity contribution in [2.45, 2.75) is 32.0 Å². The molecule has 0 bridgehead atoms. The maximum Gasteiger partial charge on any atom is 0.129 e. The van der Waals surface area contributed by atoms with Crippen LogP contribution in [0.15, 0.2) is 18.2 Å². The van der Waals surface area contributed by atoms with Crippen LogP contribution in [0.2, 0.25) is 0 Å². The van der Waals surface area contributed by atoms with Crippen LogP contribution in [-0.4, -0.2) is 17.8 Å². The molecular formula is C12H15FO2. The Hall–Kier alpha value is -0.930. The maximum absolute atomic E-state index is 13.5. The quantitative estimate of drug-likeness (QED) is 0.811. The molecule has 1 saturated heterocycles. The van der Waals surface area contributed by atoms with Gasteiger partial charge in [-0.25, -0.2) is 4.39 Å². The first kappa shape index (κ1) is 10.6. The minimum atomic E-state index is -0.840. The summed E-state index contributed by atoms with van der Waals surface area (Å²) in [6, 6.07) is 4.77. The first-order chi connectivity index (χ1) is 7.18. The third-order valence-corrected chi connectivity index (χ3v) is 2.79. The van der Waals surface area contributed by atoms with Gasteiger partial charge in [0.1, 0.15) is 11.9 Å². The molecule has 2 rings (SSSR count). The molecule has 0 aliphatic carbocycles. The molecule has 0 aromatic heterocycles. The van der Waals surface area contributed by atoms with Crippen LogP contribution in [0.3, 0.4) is 0 Å². The average Bonchev–Trinajstić information content (AvgIpc) is 2.74. The lowest BCUT2D eigenvalue weighted by Crippen LogP contribution is -2.18. The van der Waals surface area contributed by atoms with E-state index in [2.05, 4.69) is 0 Å². The third-order valence-electron chi connectivity index (χ3n) is 2.79. The van der Waals surface area contributed by atoms with Gasteiger partial charge >= 0.3 is 0 Å². The van der Waals surface area contributed by atoms with Crippen LogP contribution < -0.4 is 0 Å². The summed E-state index contributed by atoms with van der Waals surface area (Å²) in [5, 5.41) is 9.96. The van der Waals surface area contributed by atoms with E-state index in [1.54, 1.807) is 12.1 Å². The van der Waals surface area contributed by atoms with Crippen LogP contribution in [0.25, 0.3) is 0 Å². The molecule has 1 heterocycles. The van der Waals surface area contributed by atoms with E-state index >= 15 is 0 Å². The second-order valence-electron chi connectivity index (χ2n) is 4.02. The van der Waals surface area contributed by atoms with Crippen LogP contribution in [0.4, 0.5) is 4.39 Å². The number of rotatable bonds is 2. The lowest BCUT2D eigenvalue weighted by molar-refractivity contribution is -0.00428. The molecule has 15 heavy (non-hydrogen) atoms. The number of aryl methyl sites for hydroxylation is 1. The van der Waals surface area contributed by atoms with Gasteiger partial charge in [0, 0.05) is 12.2 Å². The lowest BCUT2D eigenvalue weighted by atomic mass is 10.00. The zero-order valence-electron chi connectivity index (χ0n) is 8.74. The molecule has 1 aliphatic rings. The Kier molecular flexibility index (Phi) is 3.03. The van der Waals surface area contributed by atoms with E-state index in [0.29, 0.717) is 12.2 Å². The number of aliphatic hydroxyl groups is 1. The van der Waals surface area contributed by atoms with Crippen molar-refractivity contribution in [3.63, 3.8) is 0 Å². The molecule has 2 nitrogen and oxygen atoms in total. The van der Waals surface area contributed by atoms with Crippen molar-refractivity contribution >= 4 is 0 Å². The highest BCUT2D eigenvalue weighted by molar-refractivity contribution is 5.26. The predicted molar refractivity (Wildman–Crippen MR) is 55.1 cm³/mol. The molecule has 3 heteroatoms. The van der Waals surface area contributed by atoms with Crippen molar-refractivity contribution in [3.05, 3.63) is 35.1 Å². The van der Waals surface area contributed by atoms with E-state index < -0.39 is 6.10 Å². The van der Waals surface area contributed by atoms with E-state index in [1.165, 1.54) is 6.07 Å². The molecule has 0 saturated carbocycles. The summed E-state index contributed by atoms with van der Waals surface area (Å²) in [4.78, 5) is 0. The third kappa shape index (κ3) is 2.19. The van der Waals surface area contributed by atoms with E-state index in [0.717, 1.165) is 18.4 Å². The SMILES string of the molecule is Cc1ccc(F)c(C(O)C2CCCO2)c1. The minimum Gasteiger partial charge on any atom is -0.386 e. The Morgan fingerprint density at radius 1 is 1.53 bits per heavy atom. The lowest BCUT2D eigenvalue weighted by Gasteiger charge is -2.18. The van der Waals surface area contributed by atoms with Crippen LogP contribution in [0, 0.1) is 12.7 Å². The fraction of sp³-hybridized carbons (Fsp3) is 0.500. The van der Waals surface area contributed by atoms with Gasteiger partial charge in [0.2, 0.25) is 0 Å². The van der Waals surface area contributed by atoms with Gasteiger partial charge in [0.05, 0.1) is 6.10 Å². The summed E-state index contributed by atoms with van der Waals surface area (Å²) in [5.41, 5.74) is 1.30. The fourth-order valence-corrected chi connectivity index (χ4v) is 1.94. The summed E-state index contributed by atoms with van der Waals surface area (Å²) >= 11 is 0. The van der Waals surface area contributed by atoms with Crippen molar-refractivity contribution in [2.24, 2.45) is 0 Å². The largest absolute Gasteiger partial charge is 0.386 e. The first-order valence-corrected chi connectivity index (χ1v) is 5.24. The molecule has 82 valence electrons. The van der Waals surface area contributed by atoms with Crippen LogP contribution in [-0.2, 0) is 4.74 Å². The van der Waals surface area contributed by atoms with Crippen molar-refractivity contribution in [1.82, 2.24) is 0 Å². The van der Waals surface area contributed by atoms with Gasteiger partial charge in [0.15, 0.2) is 0 Å². The van der Waals surface area contributed by atoms with Crippen molar-refractivity contribution in [1.29, 1.82) is 0 Å².